The summed E-state index contributed by atoms with van der Waals surface area (Å²) in [6.07, 6.45) is 1.94. The molecule has 0 bridgehead atoms. The van der Waals surface area contributed by atoms with Crippen LogP contribution in [0.2, 0.25) is 5.02 Å². The molecule has 3 aromatic rings. The largest absolute Gasteiger partial charge is 0.349 e. The van der Waals surface area contributed by atoms with Crippen molar-refractivity contribution in [2.45, 2.75) is 6.92 Å². The molecule has 2 amide bonds. The molecule has 4 rings (SSSR count). The van der Waals surface area contributed by atoms with Gasteiger partial charge in [0, 0.05) is 46.3 Å². The maximum atomic E-state index is 13.4. The molecule has 8 heteroatoms. The quantitative estimate of drug-likeness (QED) is 0.665. The lowest BCUT2D eigenvalue weighted by Crippen LogP contribution is -2.50. The molecule has 1 aromatic carbocycles. The van der Waals surface area contributed by atoms with E-state index < -0.39 is 0 Å². The highest BCUT2D eigenvalue weighted by Gasteiger charge is 2.27. The number of piperazine rings is 1. The first-order chi connectivity index (χ1) is 14.0. The average molecular weight is 412 g/mol. The first-order valence-corrected chi connectivity index (χ1v) is 9.85. The van der Waals surface area contributed by atoms with Crippen LogP contribution < -0.4 is 0 Å². The number of carbonyl (C=O) groups is 2. The first kappa shape index (κ1) is 19.3. The number of amides is 2. The molecular formula is C21H22ClN5O2. The van der Waals surface area contributed by atoms with Gasteiger partial charge >= 0.3 is 0 Å². The summed E-state index contributed by atoms with van der Waals surface area (Å²) in [5.74, 6) is -0.0923. The lowest BCUT2D eigenvalue weighted by Gasteiger charge is -2.34. The second-order valence-corrected chi connectivity index (χ2v) is 7.49. The summed E-state index contributed by atoms with van der Waals surface area (Å²) in [5, 5.41) is 5.22. The molecule has 1 saturated heterocycles. The number of carbonyl (C=O) groups excluding carboxylic acids is 2. The van der Waals surface area contributed by atoms with Gasteiger partial charge in [-0.3, -0.25) is 9.59 Å². The summed E-state index contributed by atoms with van der Waals surface area (Å²) in [5.41, 5.74) is 2.71. The Balaban J connectivity index is 1.73. The molecule has 29 heavy (non-hydrogen) atoms. The van der Waals surface area contributed by atoms with Gasteiger partial charge in [-0.25, -0.2) is 4.68 Å². The van der Waals surface area contributed by atoms with Gasteiger partial charge in [0.2, 0.25) is 5.91 Å². The average Bonchev–Trinajstić information content (AvgIpc) is 3.34. The zero-order chi connectivity index (χ0) is 20.5. The summed E-state index contributed by atoms with van der Waals surface area (Å²) in [7, 11) is 1.94. The van der Waals surface area contributed by atoms with Crippen molar-refractivity contribution in [3.8, 4) is 17.1 Å². The minimum Gasteiger partial charge on any atom is -0.349 e. The fraction of sp³-hybridized carbons (Fsp3) is 0.286. The Morgan fingerprint density at radius 3 is 2.31 bits per heavy atom. The first-order valence-electron chi connectivity index (χ1n) is 9.47. The lowest BCUT2D eigenvalue weighted by atomic mass is 10.2. The molecule has 1 aliphatic rings. The molecule has 150 valence electrons. The van der Waals surface area contributed by atoms with Gasteiger partial charge in [-0.1, -0.05) is 23.7 Å². The lowest BCUT2D eigenvalue weighted by molar-refractivity contribution is -0.130. The molecule has 0 radical (unpaired) electrons. The molecule has 1 aliphatic heterocycles. The van der Waals surface area contributed by atoms with Crippen LogP contribution in [0.3, 0.4) is 0 Å². The van der Waals surface area contributed by atoms with Gasteiger partial charge in [0.15, 0.2) is 0 Å². The fourth-order valence-corrected chi connectivity index (χ4v) is 3.80. The van der Waals surface area contributed by atoms with E-state index in [1.165, 1.54) is 0 Å². The molecule has 3 heterocycles. The fourth-order valence-electron chi connectivity index (χ4n) is 3.58. The third kappa shape index (κ3) is 3.65. The molecule has 0 unspecified atom stereocenters. The number of aryl methyl sites for hydroxylation is 1. The highest BCUT2D eigenvalue weighted by Crippen LogP contribution is 2.26. The van der Waals surface area contributed by atoms with Gasteiger partial charge in [0.1, 0.15) is 11.4 Å². The number of halogens is 1. The van der Waals surface area contributed by atoms with Gasteiger partial charge in [0.05, 0.1) is 16.4 Å². The second-order valence-electron chi connectivity index (χ2n) is 7.08. The number of hydrogen-bond acceptors (Lipinski definition) is 3. The van der Waals surface area contributed by atoms with Crippen molar-refractivity contribution in [1.29, 1.82) is 0 Å². The Kier molecular flexibility index (Phi) is 5.15. The Morgan fingerprint density at radius 1 is 1.00 bits per heavy atom. The van der Waals surface area contributed by atoms with Crippen molar-refractivity contribution in [2.24, 2.45) is 7.05 Å². The highest BCUT2D eigenvalue weighted by atomic mass is 35.5. The van der Waals surface area contributed by atoms with Crippen LogP contribution in [0.15, 0.2) is 48.7 Å². The van der Waals surface area contributed by atoms with Gasteiger partial charge in [-0.2, -0.15) is 5.10 Å². The number of aromatic nitrogens is 3. The van der Waals surface area contributed by atoms with E-state index in [9.17, 15) is 9.59 Å². The minimum atomic E-state index is -0.124. The molecule has 0 aliphatic carbocycles. The van der Waals surface area contributed by atoms with Crippen molar-refractivity contribution in [2.75, 3.05) is 26.2 Å². The molecule has 0 atom stereocenters. The van der Waals surface area contributed by atoms with Crippen LogP contribution in [-0.4, -0.2) is 62.1 Å². The summed E-state index contributed by atoms with van der Waals surface area (Å²) in [6, 6.07) is 13.0. The molecule has 0 spiro atoms. The maximum absolute atomic E-state index is 13.4. The SMILES string of the molecule is CC(=O)N1CCN(C(=O)c2cc(-c3cccn3C)nn2-c2ccccc2Cl)CC1. The molecule has 0 saturated carbocycles. The smallest absolute Gasteiger partial charge is 0.272 e. The number of para-hydroxylation sites is 1. The predicted molar refractivity (Wildman–Crippen MR) is 111 cm³/mol. The molecule has 7 nitrogen and oxygen atoms in total. The zero-order valence-electron chi connectivity index (χ0n) is 16.4. The third-order valence-corrected chi connectivity index (χ3v) is 5.55. The number of hydrogen-bond donors (Lipinski definition) is 0. The summed E-state index contributed by atoms with van der Waals surface area (Å²) >= 11 is 6.41. The van der Waals surface area contributed by atoms with Crippen LogP contribution >= 0.6 is 11.6 Å². The summed E-state index contributed by atoms with van der Waals surface area (Å²) in [6.45, 7) is 3.60. The monoisotopic (exact) mass is 411 g/mol. The van der Waals surface area contributed by atoms with E-state index in [2.05, 4.69) is 0 Å². The third-order valence-electron chi connectivity index (χ3n) is 5.23. The van der Waals surface area contributed by atoms with Gasteiger partial charge in [0.25, 0.3) is 5.91 Å². The van der Waals surface area contributed by atoms with Crippen molar-refractivity contribution in [3.05, 3.63) is 59.4 Å². The van der Waals surface area contributed by atoms with E-state index in [0.29, 0.717) is 48.3 Å². The van der Waals surface area contributed by atoms with E-state index in [1.807, 2.05) is 48.1 Å². The Labute approximate surface area is 174 Å². The predicted octanol–water partition coefficient (Wildman–Crippen LogP) is 2.84. The van der Waals surface area contributed by atoms with E-state index in [1.54, 1.807) is 33.5 Å². The van der Waals surface area contributed by atoms with Crippen molar-refractivity contribution in [1.82, 2.24) is 24.1 Å². The van der Waals surface area contributed by atoms with E-state index in [0.717, 1.165) is 5.69 Å². The van der Waals surface area contributed by atoms with Crippen molar-refractivity contribution >= 4 is 23.4 Å². The van der Waals surface area contributed by atoms with Gasteiger partial charge < -0.3 is 14.4 Å². The minimum absolute atomic E-state index is 0.0317. The Morgan fingerprint density at radius 2 is 1.69 bits per heavy atom. The molecular weight excluding hydrogens is 390 g/mol. The maximum Gasteiger partial charge on any atom is 0.272 e. The molecule has 0 N–H and O–H groups in total. The molecule has 1 fully saturated rings. The summed E-state index contributed by atoms with van der Waals surface area (Å²) < 4.78 is 3.57. The topological polar surface area (TPSA) is 63.4 Å². The van der Waals surface area contributed by atoms with Gasteiger partial charge in [-0.05, 0) is 30.3 Å². The number of benzene rings is 1. The van der Waals surface area contributed by atoms with Crippen LogP contribution in [0.25, 0.3) is 17.1 Å². The van der Waals surface area contributed by atoms with E-state index >= 15 is 0 Å². The standard InChI is InChI=1S/C21H22ClN5O2/c1-15(28)25-10-12-26(13-11-25)21(29)20-14-17(19-8-5-9-24(19)2)23-27(20)18-7-4-3-6-16(18)22/h3-9,14H,10-13H2,1-2H3. The van der Waals surface area contributed by atoms with E-state index in [-0.39, 0.29) is 11.8 Å². The molecule has 2 aromatic heterocycles. The van der Waals surface area contributed by atoms with Crippen LogP contribution in [0.1, 0.15) is 17.4 Å². The van der Waals surface area contributed by atoms with Crippen LogP contribution in [0.5, 0.6) is 0 Å². The Hall–Kier alpha value is -3.06. The van der Waals surface area contributed by atoms with Crippen LogP contribution in [0.4, 0.5) is 0 Å². The second kappa shape index (κ2) is 7.75. The van der Waals surface area contributed by atoms with Gasteiger partial charge in [-0.15, -0.1) is 0 Å². The van der Waals surface area contributed by atoms with Crippen LogP contribution in [-0.2, 0) is 11.8 Å². The number of nitrogens with zero attached hydrogens (tertiary/aromatic N) is 5. The zero-order valence-corrected chi connectivity index (χ0v) is 17.1. The highest BCUT2D eigenvalue weighted by molar-refractivity contribution is 6.32. The van der Waals surface area contributed by atoms with Crippen LogP contribution in [0, 0.1) is 0 Å². The summed E-state index contributed by atoms with van der Waals surface area (Å²) in [4.78, 5) is 28.5. The van der Waals surface area contributed by atoms with Crippen molar-refractivity contribution in [3.63, 3.8) is 0 Å². The Bertz CT molecular complexity index is 1060. The normalized spacial score (nSPS) is 14.3. The van der Waals surface area contributed by atoms with E-state index in [4.69, 9.17) is 16.7 Å². The van der Waals surface area contributed by atoms with Crippen molar-refractivity contribution < 1.29 is 9.59 Å². The number of rotatable bonds is 3.